The molecule has 1 saturated heterocycles. The molecule has 1 aliphatic rings. The maximum Gasteiger partial charge on any atom is 0.251 e. The lowest BCUT2D eigenvalue weighted by Crippen LogP contribution is -2.44. The van der Waals surface area contributed by atoms with Crippen molar-refractivity contribution in [3.05, 3.63) is 34.9 Å². The number of β-amino-alcohol motifs (C(OH)–C–C–N with tert-alkyl or cyclic N) is 1. The maximum absolute atomic E-state index is 12.2. The summed E-state index contributed by atoms with van der Waals surface area (Å²) in [5.74, 6) is -0.128. The zero-order chi connectivity index (χ0) is 15.2. The molecule has 1 aromatic rings. The smallest absolute Gasteiger partial charge is 0.251 e. The van der Waals surface area contributed by atoms with E-state index in [1.54, 1.807) is 0 Å². The summed E-state index contributed by atoms with van der Waals surface area (Å²) >= 11 is 0. The maximum atomic E-state index is 12.2. The van der Waals surface area contributed by atoms with Gasteiger partial charge in [-0.3, -0.25) is 9.69 Å². The van der Waals surface area contributed by atoms with Crippen molar-refractivity contribution in [1.82, 2.24) is 10.2 Å². The summed E-state index contributed by atoms with van der Waals surface area (Å²) in [5.41, 5.74) is 2.67. The van der Waals surface area contributed by atoms with E-state index in [-0.39, 0.29) is 12.5 Å². The minimum Gasteiger partial charge on any atom is -0.390 e. The Bertz CT molecular complexity index is 484. The number of nitrogens with zero attached hydrogens (tertiary/aromatic N) is 1. The first-order valence-electron chi connectivity index (χ1n) is 7.40. The van der Waals surface area contributed by atoms with Crippen molar-refractivity contribution in [1.29, 1.82) is 0 Å². The molecule has 2 rings (SSSR count). The van der Waals surface area contributed by atoms with Gasteiger partial charge in [0.1, 0.15) is 0 Å². The van der Waals surface area contributed by atoms with Crippen LogP contribution < -0.4 is 5.32 Å². The van der Waals surface area contributed by atoms with E-state index in [0.29, 0.717) is 25.3 Å². The molecule has 2 N–H and O–H groups in total. The monoisotopic (exact) mass is 292 g/mol. The van der Waals surface area contributed by atoms with Crippen LogP contribution >= 0.6 is 0 Å². The number of nitrogens with one attached hydrogen (secondary N) is 1. The van der Waals surface area contributed by atoms with E-state index in [9.17, 15) is 9.90 Å². The summed E-state index contributed by atoms with van der Waals surface area (Å²) in [5, 5.41) is 12.8. The summed E-state index contributed by atoms with van der Waals surface area (Å²) in [7, 11) is 0. The van der Waals surface area contributed by atoms with Crippen LogP contribution in [0.3, 0.4) is 0 Å². The fourth-order valence-corrected chi connectivity index (χ4v) is 2.43. The largest absolute Gasteiger partial charge is 0.390 e. The van der Waals surface area contributed by atoms with Crippen LogP contribution in [0.25, 0.3) is 0 Å². The van der Waals surface area contributed by atoms with E-state index in [1.807, 2.05) is 32.0 Å². The number of amides is 1. The number of hydrogen-bond donors (Lipinski definition) is 2. The van der Waals surface area contributed by atoms with Gasteiger partial charge in [0.15, 0.2) is 0 Å². The van der Waals surface area contributed by atoms with Crippen LogP contribution in [0.1, 0.15) is 21.5 Å². The third kappa shape index (κ3) is 4.81. The van der Waals surface area contributed by atoms with Crippen molar-refractivity contribution < 1.29 is 14.6 Å². The number of hydrogen-bond acceptors (Lipinski definition) is 4. The van der Waals surface area contributed by atoms with Crippen molar-refractivity contribution in [2.75, 3.05) is 39.4 Å². The van der Waals surface area contributed by atoms with Crippen molar-refractivity contribution in [2.24, 2.45) is 0 Å². The molecular formula is C16H24N2O3. The van der Waals surface area contributed by atoms with Crippen LogP contribution in [-0.4, -0.2) is 61.4 Å². The quantitative estimate of drug-likeness (QED) is 0.840. The van der Waals surface area contributed by atoms with E-state index in [0.717, 1.165) is 24.2 Å². The van der Waals surface area contributed by atoms with Crippen LogP contribution in [-0.2, 0) is 4.74 Å². The summed E-state index contributed by atoms with van der Waals surface area (Å²) in [6, 6.07) is 5.80. The molecule has 0 bridgehead atoms. The molecule has 116 valence electrons. The third-order valence-corrected chi connectivity index (χ3v) is 3.71. The predicted octanol–water partition coefficient (Wildman–Crippen LogP) is 0.726. The van der Waals surface area contributed by atoms with Crippen LogP contribution in [0.15, 0.2) is 18.2 Å². The van der Waals surface area contributed by atoms with Crippen molar-refractivity contribution in [3.63, 3.8) is 0 Å². The Labute approximate surface area is 125 Å². The van der Waals surface area contributed by atoms with Crippen LogP contribution in [0, 0.1) is 13.8 Å². The molecule has 0 radical (unpaired) electrons. The normalized spacial score (nSPS) is 17.5. The number of aliphatic hydroxyl groups is 1. The van der Waals surface area contributed by atoms with Gasteiger partial charge in [-0.15, -0.1) is 0 Å². The zero-order valence-electron chi connectivity index (χ0n) is 12.8. The third-order valence-electron chi connectivity index (χ3n) is 3.71. The Morgan fingerprint density at radius 1 is 1.38 bits per heavy atom. The molecular weight excluding hydrogens is 268 g/mol. The first-order valence-corrected chi connectivity index (χ1v) is 7.40. The Balaban J connectivity index is 1.81. The molecule has 0 spiro atoms. The first kappa shape index (κ1) is 15.9. The van der Waals surface area contributed by atoms with E-state index in [2.05, 4.69) is 10.2 Å². The molecule has 1 amide bonds. The predicted molar refractivity (Wildman–Crippen MR) is 81.5 cm³/mol. The standard InChI is InChI=1S/C16H24N2O3/c1-12-3-4-13(2)15(9-12)16(20)17-10-14(19)11-18-5-7-21-8-6-18/h3-4,9,14,19H,5-8,10-11H2,1-2H3,(H,17,20). The van der Waals surface area contributed by atoms with Crippen molar-refractivity contribution in [3.8, 4) is 0 Å². The average Bonchev–Trinajstić information content (AvgIpc) is 2.48. The van der Waals surface area contributed by atoms with Crippen molar-refractivity contribution >= 4 is 5.91 Å². The highest BCUT2D eigenvalue weighted by atomic mass is 16.5. The molecule has 1 atom stereocenters. The van der Waals surface area contributed by atoms with Crippen LogP contribution in [0.4, 0.5) is 0 Å². The topological polar surface area (TPSA) is 61.8 Å². The highest BCUT2D eigenvalue weighted by Crippen LogP contribution is 2.10. The fourth-order valence-electron chi connectivity index (χ4n) is 2.43. The van der Waals surface area contributed by atoms with Crippen molar-refractivity contribution in [2.45, 2.75) is 20.0 Å². The summed E-state index contributed by atoms with van der Waals surface area (Å²) in [6.07, 6.45) is -0.558. The number of benzene rings is 1. The molecule has 5 nitrogen and oxygen atoms in total. The van der Waals surface area contributed by atoms with Gasteiger partial charge in [-0.25, -0.2) is 0 Å². The van der Waals surface area contributed by atoms with Gasteiger partial charge in [0.25, 0.3) is 5.91 Å². The van der Waals surface area contributed by atoms with Gasteiger partial charge < -0.3 is 15.2 Å². The second kappa shape index (κ2) is 7.54. The van der Waals surface area contributed by atoms with Gasteiger partial charge >= 0.3 is 0 Å². The van der Waals surface area contributed by atoms with E-state index < -0.39 is 6.10 Å². The Morgan fingerprint density at radius 3 is 2.81 bits per heavy atom. The van der Waals surface area contributed by atoms with Gasteiger partial charge in [0.2, 0.25) is 0 Å². The first-order chi connectivity index (χ1) is 10.1. The second-order valence-corrected chi connectivity index (χ2v) is 5.60. The summed E-state index contributed by atoms with van der Waals surface area (Å²) in [4.78, 5) is 14.3. The van der Waals surface area contributed by atoms with E-state index in [1.165, 1.54) is 0 Å². The van der Waals surface area contributed by atoms with Gasteiger partial charge in [-0.2, -0.15) is 0 Å². The Morgan fingerprint density at radius 2 is 2.10 bits per heavy atom. The summed E-state index contributed by atoms with van der Waals surface area (Å²) in [6.45, 7) is 7.80. The van der Waals surface area contributed by atoms with Gasteiger partial charge in [0, 0.05) is 31.7 Å². The molecule has 1 unspecified atom stereocenters. The van der Waals surface area contributed by atoms with Gasteiger partial charge in [-0.1, -0.05) is 17.7 Å². The molecule has 0 saturated carbocycles. The molecule has 1 fully saturated rings. The molecule has 1 aromatic carbocycles. The molecule has 0 aliphatic carbocycles. The van der Waals surface area contributed by atoms with Crippen LogP contribution in [0.2, 0.25) is 0 Å². The number of rotatable bonds is 5. The SMILES string of the molecule is Cc1ccc(C)c(C(=O)NCC(O)CN2CCOCC2)c1. The highest BCUT2D eigenvalue weighted by Gasteiger charge is 2.16. The van der Waals surface area contributed by atoms with Crippen LogP contribution in [0.5, 0.6) is 0 Å². The molecule has 0 aromatic heterocycles. The molecule has 21 heavy (non-hydrogen) atoms. The molecule has 1 heterocycles. The lowest BCUT2D eigenvalue weighted by Gasteiger charge is -2.28. The Kier molecular flexibility index (Phi) is 5.73. The minimum atomic E-state index is -0.558. The fraction of sp³-hybridized carbons (Fsp3) is 0.562. The van der Waals surface area contributed by atoms with E-state index >= 15 is 0 Å². The number of carbonyl (C=O) groups is 1. The zero-order valence-corrected chi connectivity index (χ0v) is 12.8. The lowest BCUT2D eigenvalue weighted by molar-refractivity contribution is 0.0149. The highest BCUT2D eigenvalue weighted by molar-refractivity contribution is 5.95. The van der Waals surface area contributed by atoms with Gasteiger partial charge in [0.05, 0.1) is 19.3 Å². The number of ether oxygens (including phenoxy) is 1. The molecule has 5 heteroatoms. The number of aliphatic hydroxyl groups excluding tert-OH is 1. The molecule has 1 aliphatic heterocycles. The lowest BCUT2D eigenvalue weighted by atomic mass is 10.1. The number of carbonyl (C=O) groups excluding carboxylic acids is 1. The minimum absolute atomic E-state index is 0.128. The summed E-state index contributed by atoms with van der Waals surface area (Å²) < 4.78 is 5.27. The van der Waals surface area contributed by atoms with E-state index in [4.69, 9.17) is 4.74 Å². The Hall–Kier alpha value is -1.43. The second-order valence-electron chi connectivity index (χ2n) is 5.60. The number of morpholine rings is 1. The van der Waals surface area contributed by atoms with Gasteiger partial charge in [-0.05, 0) is 25.5 Å². The average molecular weight is 292 g/mol. The number of aryl methyl sites for hydroxylation is 2.